The number of fused-ring (bicyclic) bond motifs is 1. The van der Waals surface area contributed by atoms with Gasteiger partial charge in [0.15, 0.2) is 11.5 Å². The van der Waals surface area contributed by atoms with Crippen molar-refractivity contribution < 1.29 is 19.0 Å². The Bertz CT molecular complexity index is 1400. The van der Waals surface area contributed by atoms with Crippen LogP contribution < -0.4 is 19.5 Å². The van der Waals surface area contributed by atoms with Crippen LogP contribution in [-0.4, -0.2) is 42.8 Å². The Balaban J connectivity index is 1.29. The Kier molecular flexibility index (Phi) is 10.0. The van der Waals surface area contributed by atoms with Crippen molar-refractivity contribution in [1.29, 1.82) is 0 Å². The quantitative estimate of drug-likeness (QED) is 0.162. The fraction of sp³-hybridized carbons (Fsp3) is 0.312. The lowest BCUT2D eigenvalue weighted by Gasteiger charge is -2.13. The van der Waals surface area contributed by atoms with Crippen molar-refractivity contribution in [2.75, 3.05) is 27.4 Å². The van der Waals surface area contributed by atoms with Crippen LogP contribution in [0.5, 0.6) is 17.2 Å². The summed E-state index contributed by atoms with van der Waals surface area (Å²) >= 11 is 0. The van der Waals surface area contributed by atoms with Crippen LogP contribution in [0.1, 0.15) is 29.8 Å². The number of hydrogen-bond donors (Lipinski definition) is 1. The second-order valence-electron chi connectivity index (χ2n) is 9.29. The van der Waals surface area contributed by atoms with Crippen molar-refractivity contribution in [1.82, 2.24) is 14.9 Å². The van der Waals surface area contributed by atoms with Crippen LogP contribution in [0.3, 0.4) is 0 Å². The van der Waals surface area contributed by atoms with Crippen molar-refractivity contribution in [2.45, 2.75) is 38.6 Å². The normalized spacial score (nSPS) is 10.8. The number of para-hydroxylation sites is 3. The Morgan fingerprint density at radius 1 is 0.974 bits per heavy atom. The first-order chi connectivity index (χ1) is 19.1. The summed E-state index contributed by atoms with van der Waals surface area (Å²) in [7, 11) is 3.18. The van der Waals surface area contributed by atoms with E-state index in [1.165, 1.54) is 0 Å². The van der Waals surface area contributed by atoms with Crippen LogP contribution in [0.15, 0.2) is 79.4 Å². The van der Waals surface area contributed by atoms with E-state index in [0.717, 1.165) is 66.0 Å². The third-order valence-electron chi connectivity index (χ3n) is 6.57. The van der Waals surface area contributed by atoms with Crippen LogP contribution in [0.2, 0.25) is 0 Å². The summed E-state index contributed by atoms with van der Waals surface area (Å²) in [5.74, 6) is 3.18. The van der Waals surface area contributed by atoms with E-state index < -0.39 is 0 Å². The summed E-state index contributed by atoms with van der Waals surface area (Å²) in [4.78, 5) is 17.4. The molecule has 7 heteroatoms. The topological polar surface area (TPSA) is 74.6 Å². The number of aryl methyl sites for hydroxylation is 2. The molecule has 204 valence electrons. The summed E-state index contributed by atoms with van der Waals surface area (Å²) < 4.78 is 19.0. The van der Waals surface area contributed by atoms with Gasteiger partial charge in [-0.2, -0.15) is 0 Å². The number of ether oxygens (including phenoxy) is 3. The molecule has 0 saturated carbocycles. The summed E-state index contributed by atoms with van der Waals surface area (Å²) in [6.45, 7) is 5.85. The van der Waals surface area contributed by atoms with E-state index in [4.69, 9.17) is 19.2 Å². The molecule has 1 amide bonds. The SMILES string of the molecule is C=CCc1ccccc1OCCCn1c(CCCNC(=O)Cc2ccc(OC)c(OC)c2)nc2ccccc21. The van der Waals surface area contributed by atoms with Gasteiger partial charge < -0.3 is 24.1 Å². The number of imidazole rings is 1. The fourth-order valence-corrected chi connectivity index (χ4v) is 4.65. The number of rotatable bonds is 15. The number of methoxy groups -OCH3 is 2. The zero-order valence-corrected chi connectivity index (χ0v) is 22.8. The number of carbonyl (C=O) groups excluding carboxylic acids is 1. The number of hydrogen-bond acceptors (Lipinski definition) is 5. The minimum Gasteiger partial charge on any atom is -0.493 e. The molecular weight excluding hydrogens is 490 g/mol. The van der Waals surface area contributed by atoms with E-state index in [0.29, 0.717) is 24.7 Å². The molecule has 0 unspecified atom stereocenters. The minimum absolute atomic E-state index is 0.0235. The van der Waals surface area contributed by atoms with Gasteiger partial charge in [-0.3, -0.25) is 4.79 Å². The molecule has 39 heavy (non-hydrogen) atoms. The van der Waals surface area contributed by atoms with Crippen LogP contribution in [-0.2, 0) is 30.6 Å². The lowest BCUT2D eigenvalue weighted by atomic mass is 10.1. The Morgan fingerprint density at radius 2 is 1.77 bits per heavy atom. The average Bonchev–Trinajstić information content (AvgIpc) is 3.31. The number of amides is 1. The number of benzene rings is 3. The summed E-state index contributed by atoms with van der Waals surface area (Å²) in [5, 5.41) is 3.03. The van der Waals surface area contributed by atoms with Crippen LogP contribution in [0, 0.1) is 0 Å². The maximum Gasteiger partial charge on any atom is 0.224 e. The van der Waals surface area contributed by atoms with Gasteiger partial charge in [-0.25, -0.2) is 4.98 Å². The highest BCUT2D eigenvalue weighted by molar-refractivity contribution is 5.79. The van der Waals surface area contributed by atoms with E-state index in [1.54, 1.807) is 14.2 Å². The van der Waals surface area contributed by atoms with Crippen molar-refractivity contribution in [3.8, 4) is 17.2 Å². The van der Waals surface area contributed by atoms with Crippen LogP contribution in [0.25, 0.3) is 11.0 Å². The Morgan fingerprint density at radius 3 is 2.59 bits per heavy atom. The maximum absolute atomic E-state index is 12.5. The number of aromatic nitrogens is 2. The van der Waals surface area contributed by atoms with Crippen molar-refractivity contribution in [2.24, 2.45) is 0 Å². The van der Waals surface area contributed by atoms with Gasteiger partial charge in [0.1, 0.15) is 11.6 Å². The van der Waals surface area contributed by atoms with Crippen molar-refractivity contribution in [3.05, 3.63) is 96.3 Å². The molecule has 0 aliphatic rings. The molecule has 0 radical (unpaired) electrons. The second kappa shape index (κ2) is 14.0. The zero-order valence-electron chi connectivity index (χ0n) is 22.8. The molecule has 0 atom stereocenters. The van der Waals surface area contributed by atoms with E-state index >= 15 is 0 Å². The molecule has 1 aromatic heterocycles. The monoisotopic (exact) mass is 527 g/mol. The van der Waals surface area contributed by atoms with E-state index in [1.807, 2.05) is 60.7 Å². The number of nitrogens with zero attached hydrogens (tertiary/aromatic N) is 2. The van der Waals surface area contributed by atoms with Crippen molar-refractivity contribution in [3.63, 3.8) is 0 Å². The predicted octanol–water partition coefficient (Wildman–Crippen LogP) is 5.54. The summed E-state index contributed by atoms with van der Waals surface area (Å²) in [5.41, 5.74) is 4.13. The molecule has 0 aliphatic carbocycles. The van der Waals surface area contributed by atoms with Gasteiger partial charge in [-0.05, 0) is 60.7 Å². The molecule has 0 aliphatic heterocycles. The molecule has 0 spiro atoms. The first kappa shape index (κ1) is 27.8. The smallest absolute Gasteiger partial charge is 0.224 e. The third-order valence-corrected chi connectivity index (χ3v) is 6.57. The summed E-state index contributed by atoms with van der Waals surface area (Å²) in [6.07, 6.45) is 5.40. The van der Waals surface area contributed by atoms with Gasteiger partial charge in [-0.1, -0.05) is 42.5 Å². The highest BCUT2D eigenvalue weighted by atomic mass is 16.5. The number of nitrogens with one attached hydrogen (secondary N) is 1. The van der Waals surface area contributed by atoms with Gasteiger partial charge >= 0.3 is 0 Å². The number of carbonyl (C=O) groups is 1. The predicted molar refractivity (Wildman–Crippen MR) is 155 cm³/mol. The molecule has 4 aromatic rings. The van der Waals surface area contributed by atoms with Gasteiger partial charge in [-0.15, -0.1) is 6.58 Å². The maximum atomic E-state index is 12.5. The fourth-order valence-electron chi connectivity index (χ4n) is 4.65. The Labute approximate surface area is 230 Å². The summed E-state index contributed by atoms with van der Waals surface area (Å²) in [6, 6.07) is 21.8. The van der Waals surface area contributed by atoms with E-state index in [-0.39, 0.29) is 12.3 Å². The van der Waals surface area contributed by atoms with E-state index in [2.05, 4.69) is 28.6 Å². The first-order valence-electron chi connectivity index (χ1n) is 13.4. The standard InChI is InChI=1S/C32H37N3O4/c1-4-11-25-12-5-8-15-28(25)39-21-10-20-35-27-14-7-6-13-26(27)34-31(35)16-9-19-33-32(36)23-24-17-18-29(37-2)30(22-24)38-3/h4-8,12-15,17-18,22H,1,9-11,16,19-21,23H2,2-3H3,(H,33,36). The van der Waals surface area contributed by atoms with Gasteiger partial charge in [0.2, 0.25) is 5.91 Å². The van der Waals surface area contributed by atoms with Crippen LogP contribution in [0.4, 0.5) is 0 Å². The highest BCUT2D eigenvalue weighted by Gasteiger charge is 2.12. The molecule has 0 fully saturated rings. The average molecular weight is 528 g/mol. The minimum atomic E-state index is -0.0235. The molecule has 0 saturated heterocycles. The lowest BCUT2D eigenvalue weighted by Crippen LogP contribution is -2.26. The molecule has 1 N–H and O–H groups in total. The number of allylic oxidation sites excluding steroid dienone is 1. The molecule has 3 aromatic carbocycles. The second-order valence-corrected chi connectivity index (χ2v) is 9.29. The molecule has 4 rings (SSSR count). The zero-order chi connectivity index (χ0) is 27.5. The molecule has 0 bridgehead atoms. The van der Waals surface area contributed by atoms with Crippen molar-refractivity contribution >= 4 is 16.9 Å². The van der Waals surface area contributed by atoms with Crippen LogP contribution >= 0.6 is 0 Å². The Hall–Kier alpha value is -4.26. The third kappa shape index (κ3) is 7.41. The van der Waals surface area contributed by atoms with E-state index in [9.17, 15) is 4.79 Å². The molecule has 7 nitrogen and oxygen atoms in total. The largest absolute Gasteiger partial charge is 0.493 e. The highest BCUT2D eigenvalue weighted by Crippen LogP contribution is 2.27. The van der Waals surface area contributed by atoms with Gasteiger partial charge in [0, 0.05) is 19.5 Å². The molecule has 1 heterocycles. The van der Waals surface area contributed by atoms with Gasteiger partial charge in [0.05, 0.1) is 38.3 Å². The lowest BCUT2D eigenvalue weighted by molar-refractivity contribution is -0.120. The molecular formula is C32H37N3O4. The van der Waals surface area contributed by atoms with Gasteiger partial charge in [0.25, 0.3) is 0 Å². The first-order valence-corrected chi connectivity index (χ1v) is 13.4.